The van der Waals surface area contributed by atoms with Gasteiger partial charge in [0.15, 0.2) is 0 Å². The molecule has 0 saturated heterocycles. The monoisotopic (exact) mass is 338 g/mol. The van der Waals surface area contributed by atoms with E-state index in [1.54, 1.807) is 18.2 Å². The summed E-state index contributed by atoms with van der Waals surface area (Å²) in [7, 11) is 2.06. The minimum Gasteiger partial charge on any atom is -0.379 e. The number of fused-ring (bicyclic) bond motifs is 1. The number of unbranched alkanes of at least 4 members (excludes halogenated alkanes) is 2. The maximum Gasteiger partial charge on any atom is 0.292 e. The van der Waals surface area contributed by atoms with Crippen molar-refractivity contribution in [2.75, 3.05) is 11.9 Å². The molecule has 0 amide bonds. The van der Waals surface area contributed by atoms with Crippen molar-refractivity contribution in [1.29, 1.82) is 0 Å². The van der Waals surface area contributed by atoms with Crippen LogP contribution in [0.1, 0.15) is 25.1 Å². The number of benzene rings is 2. The minimum atomic E-state index is -0.353. The second-order valence-corrected chi connectivity index (χ2v) is 6.09. The molecule has 25 heavy (non-hydrogen) atoms. The zero-order valence-electron chi connectivity index (χ0n) is 14.3. The number of imidazole rings is 1. The molecule has 6 nitrogen and oxygen atoms in total. The van der Waals surface area contributed by atoms with Crippen LogP contribution in [0, 0.1) is 10.1 Å². The Morgan fingerprint density at radius 1 is 1.08 bits per heavy atom. The Kier molecular flexibility index (Phi) is 5.28. The molecule has 0 atom stereocenters. The molecular weight excluding hydrogens is 316 g/mol. The van der Waals surface area contributed by atoms with Crippen LogP contribution in [0.2, 0.25) is 0 Å². The van der Waals surface area contributed by atoms with Crippen molar-refractivity contribution in [1.82, 2.24) is 9.55 Å². The lowest BCUT2D eigenvalue weighted by Gasteiger charge is -2.07. The lowest BCUT2D eigenvalue weighted by molar-refractivity contribution is -0.384. The van der Waals surface area contributed by atoms with E-state index < -0.39 is 0 Å². The molecule has 0 aliphatic heterocycles. The van der Waals surface area contributed by atoms with Crippen molar-refractivity contribution < 1.29 is 4.92 Å². The Labute approximate surface area is 146 Å². The average Bonchev–Trinajstić information content (AvgIpc) is 2.94. The number of hydrogen-bond donors (Lipinski definition) is 1. The highest BCUT2D eigenvalue weighted by atomic mass is 16.6. The molecule has 3 aromatic rings. The summed E-state index contributed by atoms with van der Waals surface area (Å²) in [6.07, 6.45) is 4.01. The maximum absolute atomic E-state index is 11.0. The summed E-state index contributed by atoms with van der Waals surface area (Å²) in [5.74, 6) is 1.10. The van der Waals surface area contributed by atoms with Crippen molar-refractivity contribution in [3.63, 3.8) is 0 Å². The Balaban J connectivity index is 1.45. The lowest BCUT2D eigenvalue weighted by atomic mass is 10.2. The molecule has 3 rings (SSSR count). The fraction of sp³-hybridized carbons (Fsp3) is 0.316. The van der Waals surface area contributed by atoms with Crippen LogP contribution in [0.25, 0.3) is 11.0 Å². The molecule has 0 saturated carbocycles. The highest BCUT2D eigenvalue weighted by Crippen LogP contribution is 2.23. The number of nitro benzene ring substituents is 1. The maximum atomic E-state index is 11.0. The molecule has 0 bridgehead atoms. The van der Waals surface area contributed by atoms with Crippen LogP contribution < -0.4 is 5.32 Å². The van der Waals surface area contributed by atoms with Gasteiger partial charge in [0.05, 0.1) is 16.0 Å². The van der Waals surface area contributed by atoms with Gasteiger partial charge >= 0.3 is 0 Å². The average molecular weight is 338 g/mol. The van der Waals surface area contributed by atoms with E-state index >= 15 is 0 Å². The van der Waals surface area contributed by atoms with Crippen molar-refractivity contribution in [2.24, 2.45) is 7.05 Å². The van der Waals surface area contributed by atoms with E-state index in [9.17, 15) is 10.1 Å². The van der Waals surface area contributed by atoms with Crippen LogP contribution in [0.5, 0.6) is 0 Å². The molecule has 0 aliphatic carbocycles. The molecule has 1 N–H and O–H groups in total. The van der Waals surface area contributed by atoms with E-state index in [1.807, 2.05) is 18.2 Å². The van der Waals surface area contributed by atoms with Crippen LogP contribution in [0.4, 0.5) is 11.4 Å². The quantitative estimate of drug-likeness (QED) is 0.377. The summed E-state index contributed by atoms with van der Waals surface area (Å²) in [4.78, 5) is 15.3. The van der Waals surface area contributed by atoms with E-state index in [0.717, 1.165) is 49.1 Å². The van der Waals surface area contributed by atoms with E-state index in [4.69, 9.17) is 0 Å². The molecule has 0 spiro atoms. The van der Waals surface area contributed by atoms with Crippen LogP contribution in [0.3, 0.4) is 0 Å². The summed E-state index contributed by atoms with van der Waals surface area (Å²) in [6, 6.07) is 14.9. The first-order valence-electron chi connectivity index (χ1n) is 8.54. The smallest absolute Gasteiger partial charge is 0.292 e. The second-order valence-electron chi connectivity index (χ2n) is 6.09. The minimum absolute atomic E-state index is 0.127. The number of aryl methyl sites for hydroxylation is 2. The molecule has 0 radical (unpaired) electrons. The van der Waals surface area contributed by atoms with Gasteiger partial charge in [0.1, 0.15) is 11.5 Å². The van der Waals surface area contributed by atoms with Gasteiger partial charge in [-0.25, -0.2) is 4.98 Å². The van der Waals surface area contributed by atoms with Crippen LogP contribution in [-0.2, 0) is 13.5 Å². The van der Waals surface area contributed by atoms with Gasteiger partial charge in [-0.2, -0.15) is 0 Å². The molecule has 0 unspecified atom stereocenters. The SMILES string of the molecule is Cn1c(CCCCCNc2ccccc2[N+](=O)[O-])nc2ccccc21. The summed E-state index contributed by atoms with van der Waals surface area (Å²) >= 11 is 0. The van der Waals surface area contributed by atoms with E-state index in [-0.39, 0.29) is 10.6 Å². The molecule has 130 valence electrons. The first kappa shape index (κ1) is 17.0. The molecule has 2 aromatic carbocycles. The number of rotatable bonds is 8. The Morgan fingerprint density at radius 2 is 1.84 bits per heavy atom. The number of para-hydroxylation sites is 4. The zero-order valence-corrected chi connectivity index (χ0v) is 14.3. The number of hydrogen-bond acceptors (Lipinski definition) is 4. The fourth-order valence-corrected chi connectivity index (χ4v) is 3.01. The van der Waals surface area contributed by atoms with E-state index in [0.29, 0.717) is 5.69 Å². The van der Waals surface area contributed by atoms with Gasteiger partial charge in [-0.15, -0.1) is 0 Å². The fourth-order valence-electron chi connectivity index (χ4n) is 3.01. The summed E-state index contributed by atoms with van der Waals surface area (Å²) < 4.78 is 2.15. The van der Waals surface area contributed by atoms with Gasteiger partial charge < -0.3 is 9.88 Å². The first-order chi connectivity index (χ1) is 12.2. The standard InChI is InChI=1S/C19H22N4O2/c1-22-17-11-6-5-10-16(17)21-19(22)13-3-2-8-14-20-15-9-4-7-12-18(15)23(24)25/h4-7,9-12,20H,2-3,8,13-14H2,1H3. The number of nitrogens with one attached hydrogen (secondary N) is 1. The number of aromatic nitrogens is 2. The Hall–Kier alpha value is -2.89. The molecule has 1 aromatic heterocycles. The topological polar surface area (TPSA) is 73.0 Å². The highest BCUT2D eigenvalue weighted by molar-refractivity contribution is 5.75. The van der Waals surface area contributed by atoms with Gasteiger partial charge in [0.2, 0.25) is 0 Å². The van der Waals surface area contributed by atoms with Crippen molar-refractivity contribution in [3.8, 4) is 0 Å². The van der Waals surface area contributed by atoms with Gasteiger partial charge in [0.25, 0.3) is 5.69 Å². The van der Waals surface area contributed by atoms with Crippen molar-refractivity contribution >= 4 is 22.4 Å². The Morgan fingerprint density at radius 3 is 2.64 bits per heavy atom. The first-order valence-corrected chi connectivity index (χ1v) is 8.54. The number of anilines is 1. The molecule has 6 heteroatoms. The second kappa shape index (κ2) is 7.79. The summed E-state index contributed by atoms with van der Waals surface area (Å²) in [5.41, 5.74) is 2.92. The van der Waals surface area contributed by atoms with Crippen LogP contribution in [0.15, 0.2) is 48.5 Å². The molecular formula is C19H22N4O2. The predicted molar refractivity (Wildman–Crippen MR) is 99.9 cm³/mol. The third kappa shape index (κ3) is 3.96. The zero-order chi connectivity index (χ0) is 17.6. The summed E-state index contributed by atoms with van der Waals surface area (Å²) in [5, 5.41) is 14.1. The van der Waals surface area contributed by atoms with Gasteiger partial charge in [0, 0.05) is 26.1 Å². The molecule has 0 aliphatic rings. The Bertz CT molecular complexity index is 873. The van der Waals surface area contributed by atoms with Crippen LogP contribution in [-0.4, -0.2) is 21.0 Å². The summed E-state index contributed by atoms with van der Waals surface area (Å²) in [6.45, 7) is 0.730. The van der Waals surface area contributed by atoms with Crippen LogP contribution >= 0.6 is 0 Å². The predicted octanol–water partition coefficient (Wildman–Crippen LogP) is 4.31. The van der Waals surface area contributed by atoms with E-state index in [2.05, 4.69) is 28.0 Å². The third-order valence-corrected chi connectivity index (χ3v) is 4.37. The third-order valence-electron chi connectivity index (χ3n) is 4.37. The number of nitrogens with zero attached hydrogens (tertiary/aromatic N) is 3. The molecule has 1 heterocycles. The van der Waals surface area contributed by atoms with E-state index in [1.165, 1.54) is 6.07 Å². The molecule has 0 fully saturated rings. The van der Waals surface area contributed by atoms with Gasteiger partial charge in [-0.05, 0) is 31.0 Å². The lowest BCUT2D eigenvalue weighted by Crippen LogP contribution is -2.04. The number of nitro groups is 1. The largest absolute Gasteiger partial charge is 0.379 e. The normalized spacial score (nSPS) is 10.9. The highest BCUT2D eigenvalue weighted by Gasteiger charge is 2.11. The van der Waals surface area contributed by atoms with Gasteiger partial charge in [-0.1, -0.05) is 30.7 Å². The van der Waals surface area contributed by atoms with Gasteiger partial charge in [-0.3, -0.25) is 10.1 Å². The van der Waals surface area contributed by atoms with Crippen molar-refractivity contribution in [2.45, 2.75) is 25.7 Å². The van der Waals surface area contributed by atoms with Crippen molar-refractivity contribution in [3.05, 3.63) is 64.5 Å².